The Kier molecular flexibility index (Phi) is 3.66. The number of pyridine rings is 1. The minimum atomic E-state index is -4.70. The highest BCUT2D eigenvalue weighted by Crippen LogP contribution is 2.31. The van der Waals surface area contributed by atoms with E-state index in [1.54, 1.807) is 0 Å². The zero-order valence-electron chi connectivity index (χ0n) is 11.4. The maximum atomic E-state index is 13.0. The van der Waals surface area contributed by atoms with Crippen LogP contribution in [0, 0.1) is 0 Å². The lowest BCUT2D eigenvalue weighted by atomic mass is 10.2. The van der Waals surface area contributed by atoms with Crippen molar-refractivity contribution in [2.45, 2.75) is 18.5 Å². The van der Waals surface area contributed by atoms with E-state index in [1.807, 2.05) is 5.32 Å². The monoisotopic (exact) mass is 367 g/mol. The maximum absolute atomic E-state index is 13.0. The standard InChI is InChI=1S/C12H7F6N5S/c13-11(14,15)5-2-1-4(3-19-5)8-20-6-7(12(16,17)18)21-10(24)23-9(6)22-8/h1-3,9H,(H,20,22)(H2,21,23,24). The van der Waals surface area contributed by atoms with E-state index in [0.717, 1.165) is 18.3 Å². The molecule has 0 bridgehead atoms. The van der Waals surface area contributed by atoms with Gasteiger partial charge < -0.3 is 16.0 Å². The number of amidine groups is 1. The molecule has 12 heteroatoms. The van der Waals surface area contributed by atoms with Crippen molar-refractivity contribution < 1.29 is 26.3 Å². The second-order valence-electron chi connectivity index (χ2n) is 4.82. The SMILES string of the molecule is FC(F)(F)C1=C2NC(c3ccc(C(F)(F)F)nc3)=NC2NC(=S)N1. The number of nitrogens with one attached hydrogen (secondary N) is 3. The number of aliphatic imine (C=N–C) groups is 1. The normalized spacial score (nSPS) is 20.8. The predicted molar refractivity (Wildman–Crippen MR) is 74.7 cm³/mol. The van der Waals surface area contributed by atoms with Gasteiger partial charge in [0.1, 0.15) is 17.2 Å². The van der Waals surface area contributed by atoms with Crippen LogP contribution in [-0.2, 0) is 6.18 Å². The second-order valence-corrected chi connectivity index (χ2v) is 5.23. The molecule has 0 amide bonds. The zero-order valence-corrected chi connectivity index (χ0v) is 12.2. The van der Waals surface area contributed by atoms with Gasteiger partial charge in [0.25, 0.3) is 0 Å². The molecule has 0 fully saturated rings. The Bertz CT molecular complexity index is 749. The van der Waals surface area contributed by atoms with Gasteiger partial charge in [-0.1, -0.05) is 0 Å². The molecule has 3 N–H and O–H groups in total. The highest BCUT2D eigenvalue weighted by atomic mass is 32.1. The Balaban J connectivity index is 1.93. The van der Waals surface area contributed by atoms with Gasteiger partial charge in [0.05, 0.1) is 5.70 Å². The number of hydrogen-bond acceptors (Lipinski definition) is 4. The van der Waals surface area contributed by atoms with Crippen LogP contribution >= 0.6 is 12.2 Å². The molecule has 0 saturated heterocycles. The Morgan fingerprint density at radius 1 is 1.00 bits per heavy atom. The van der Waals surface area contributed by atoms with Gasteiger partial charge in [0.15, 0.2) is 11.3 Å². The van der Waals surface area contributed by atoms with Crippen LogP contribution < -0.4 is 16.0 Å². The Morgan fingerprint density at radius 2 is 1.71 bits per heavy atom. The van der Waals surface area contributed by atoms with E-state index in [4.69, 9.17) is 12.2 Å². The fourth-order valence-corrected chi connectivity index (χ4v) is 2.35. The van der Waals surface area contributed by atoms with E-state index < -0.39 is 29.9 Å². The number of aromatic nitrogens is 1. The molecule has 0 aliphatic carbocycles. The molecule has 0 spiro atoms. The van der Waals surface area contributed by atoms with Gasteiger partial charge in [0.2, 0.25) is 0 Å². The summed E-state index contributed by atoms with van der Waals surface area (Å²) >= 11 is 4.70. The molecular formula is C12H7F6N5S. The Morgan fingerprint density at radius 3 is 2.25 bits per heavy atom. The van der Waals surface area contributed by atoms with E-state index in [-0.39, 0.29) is 22.2 Å². The maximum Gasteiger partial charge on any atom is 0.433 e. The summed E-state index contributed by atoms with van der Waals surface area (Å²) in [5.41, 5.74) is -2.42. The lowest BCUT2D eigenvalue weighted by molar-refractivity contribution is -0.141. The lowest BCUT2D eigenvalue weighted by Gasteiger charge is -2.26. The van der Waals surface area contributed by atoms with Crippen molar-refractivity contribution in [1.29, 1.82) is 0 Å². The quantitative estimate of drug-likeness (QED) is 0.524. The van der Waals surface area contributed by atoms with E-state index in [0.29, 0.717) is 0 Å². The molecule has 3 heterocycles. The average Bonchev–Trinajstić information content (AvgIpc) is 2.88. The summed E-state index contributed by atoms with van der Waals surface area (Å²) in [6.07, 6.45) is -9.53. The molecule has 1 aromatic heterocycles. The van der Waals surface area contributed by atoms with E-state index >= 15 is 0 Å². The molecule has 128 valence electrons. The third-order valence-electron chi connectivity index (χ3n) is 3.17. The molecular weight excluding hydrogens is 360 g/mol. The first-order valence-corrected chi connectivity index (χ1v) is 6.74. The summed E-state index contributed by atoms with van der Waals surface area (Å²) in [5, 5.41) is 6.72. The molecule has 0 saturated carbocycles. The number of nitrogens with zero attached hydrogens (tertiary/aromatic N) is 2. The summed E-state index contributed by atoms with van der Waals surface area (Å²) in [6.45, 7) is 0. The van der Waals surface area contributed by atoms with Gasteiger partial charge in [-0.15, -0.1) is 0 Å². The fraction of sp³-hybridized carbons (Fsp3) is 0.250. The number of alkyl halides is 6. The first-order chi connectivity index (χ1) is 11.1. The van der Waals surface area contributed by atoms with Crippen molar-refractivity contribution in [2.75, 3.05) is 0 Å². The summed E-state index contributed by atoms with van der Waals surface area (Å²) < 4.78 is 76.6. The van der Waals surface area contributed by atoms with Crippen molar-refractivity contribution >= 4 is 23.2 Å². The smallest absolute Gasteiger partial charge is 0.338 e. The number of thiocarbonyl (C=S) groups is 1. The van der Waals surface area contributed by atoms with Crippen molar-refractivity contribution in [3.63, 3.8) is 0 Å². The lowest BCUT2D eigenvalue weighted by Crippen LogP contribution is -2.51. The molecule has 3 rings (SSSR count). The number of allylic oxidation sites excluding steroid dienone is 1. The molecule has 1 aromatic rings. The van der Waals surface area contributed by atoms with Crippen LogP contribution in [0.25, 0.3) is 0 Å². The van der Waals surface area contributed by atoms with Crippen LogP contribution in [0.2, 0.25) is 0 Å². The summed E-state index contributed by atoms with van der Waals surface area (Å²) in [4.78, 5) is 7.22. The predicted octanol–water partition coefficient (Wildman–Crippen LogP) is 2.03. The third-order valence-corrected chi connectivity index (χ3v) is 3.39. The zero-order chi connectivity index (χ0) is 17.7. The van der Waals surface area contributed by atoms with Gasteiger partial charge in [0, 0.05) is 11.8 Å². The van der Waals surface area contributed by atoms with Crippen LogP contribution in [0.4, 0.5) is 26.3 Å². The molecule has 0 radical (unpaired) electrons. The Labute approximate surface area is 135 Å². The van der Waals surface area contributed by atoms with Crippen molar-refractivity contribution in [3.05, 3.63) is 41.0 Å². The first kappa shape index (κ1) is 16.5. The van der Waals surface area contributed by atoms with Crippen LogP contribution in [0.15, 0.2) is 34.7 Å². The molecule has 24 heavy (non-hydrogen) atoms. The highest BCUT2D eigenvalue weighted by molar-refractivity contribution is 7.80. The second kappa shape index (κ2) is 5.33. The Hall–Kier alpha value is -2.37. The van der Waals surface area contributed by atoms with Gasteiger partial charge in [-0.3, -0.25) is 4.98 Å². The third kappa shape index (κ3) is 3.00. The molecule has 1 atom stereocenters. The molecule has 5 nitrogen and oxygen atoms in total. The molecule has 2 aliphatic heterocycles. The highest BCUT2D eigenvalue weighted by Gasteiger charge is 2.44. The van der Waals surface area contributed by atoms with Crippen molar-refractivity contribution in [1.82, 2.24) is 20.9 Å². The van der Waals surface area contributed by atoms with Gasteiger partial charge in [-0.05, 0) is 24.4 Å². The number of hydrogen-bond donors (Lipinski definition) is 3. The average molecular weight is 367 g/mol. The summed E-state index contributed by atoms with van der Waals surface area (Å²) in [7, 11) is 0. The summed E-state index contributed by atoms with van der Waals surface area (Å²) in [6, 6.07) is 1.79. The molecule has 0 aromatic carbocycles. The van der Waals surface area contributed by atoms with E-state index in [2.05, 4.69) is 20.6 Å². The van der Waals surface area contributed by atoms with Gasteiger partial charge >= 0.3 is 12.4 Å². The van der Waals surface area contributed by atoms with Crippen molar-refractivity contribution in [2.24, 2.45) is 4.99 Å². The summed E-state index contributed by atoms with van der Waals surface area (Å²) in [5.74, 6) is -0.0445. The van der Waals surface area contributed by atoms with Crippen LogP contribution in [0.5, 0.6) is 0 Å². The fourth-order valence-electron chi connectivity index (χ4n) is 2.14. The van der Waals surface area contributed by atoms with Gasteiger partial charge in [-0.25, -0.2) is 4.99 Å². The molecule has 1 unspecified atom stereocenters. The first-order valence-electron chi connectivity index (χ1n) is 6.33. The van der Waals surface area contributed by atoms with Gasteiger partial charge in [-0.2, -0.15) is 26.3 Å². The molecule has 2 aliphatic rings. The topological polar surface area (TPSA) is 61.3 Å². The number of halogens is 6. The van der Waals surface area contributed by atoms with Crippen molar-refractivity contribution in [3.8, 4) is 0 Å². The number of fused-ring (bicyclic) bond motifs is 1. The van der Waals surface area contributed by atoms with Crippen LogP contribution in [0.3, 0.4) is 0 Å². The minimum absolute atomic E-state index is 0.0445. The minimum Gasteiger partial charge on any atom is -0.338 e. The van der Waals surface area contributed by atoms with Crippen LogP contribution in [0.1, 0.15) is 11.3 Å². The van der Waals surface area contributed by atoms with E-state index in [9.17, 15) is 26.3 Å². The number of rotatable bonds is 1. The van der Waals surface area contributed by atoms with Crippen LogP contribution in [-0.4, -0.2) is 28.3 Å². The van der Waals surface area contributed by atoms with E-state index in [1.165, 1.54) is 0 Å². The largest absolute Gasteiger partial charge is 0.433 e.